The Labute approximate surface area is 88.7 Å². The first kappa shape index (κ1) is 11.9. The Morgan fingerprint density at radius 2 is 2.27 bits per heavy atom. The molecule has 15 heavy (non-hydrogen) atoms. The largest absolute Gasteiger partial charge is 0.506 e. The zero-order chi connectivity index (χ0) is 11.3. The van der Waals surface area contributed by atoms with Crippen LogP contribution in [0.3, 0.4) is 0 Å². The normalized spacial score (nSPS) is 10.6. The first-order valence-electron chi connectivity index (χ1n) is 4.82. The minimum Gasteiger partial charge on any atom is -0.506 e. The molecule has 0 aromatic carbocycles. The van der Waals surface area contributed by atoms with Gasteiger partial charge in [0, 0.05) is 17.3 Å². The lowest BCUT2D eigenvalue weighted by molar-refractivity contribution is 0.0455. The highest BCUT2D eigenvalue weighted by Crippen LogP contribution is 2.23. The van der Waals surface area contributed by atoms with Crippen LogP contribution in [-0.4, -0.2) is 21.8 Å². The lowest BCUT2D eigenvalue weighted by Gasteiger charge is -2.11. The van der Waals surface area contributed by atoms with Gasteiger partial charge in [0.25, 0.3) is 0 Å². The number of rotatable bonds is 5. The van der Waals surface area contributed by atoms with Crippen molar-refractivity contribution in [2.45, 2.75) is 27.0 Å². The standard InChI is InChI=1S/C10H16N2O3/c1-3-15-12-5-9-8(6-13)4-11-7(2)10(9)14/h4,12-14H,3,5-6H2,1-2H3. The van der Waals surface area contributed by atoms with Gasteiger partial charge in [0.15, 0.2) is 0 Å². The Bertz CT molecular complexity index is 329. The molecule has 0 saturated carbocycles. The number of hydrogen-bond acceptors (Lipinski definition) is 5. The van der Waals surface area contributed by atoms with E-state index in [-0.39, 0.29) is 12.4 Å². The second-order valence-corrected chi connectivity index (χ2v) is 3.11. The smallest absolute Gasteiger partial charge is 0.141 e. The summed E-state index contributed by atoms with van der Waals surface area (Å²) in [5.41, 5.74) is 4.46. The van der Waals surface area contributed by atoms with Crippen molar-refractivity contribution >= 4 is 0 Å². The molecule has 0 amide bonds. The molecule has 0 unspecified atom stereocenters. The van der Waals surface area contributed by atoms with Gasteiger partial charge in [-0.15, -0.1) is 0 Å². The number of aryl methyl sites for hydroxylation is 1. The molecule has 0 aliphatic carbocycles. The second-order valence-electron chi connectivity index (χ2n) is 3.11. The average molecular weight is 212 g/mol. The Morgan fingerprint density at radius 3 is 2.87 bits per heavy atom. The number of aromatic hydroxyl groups is 1. The van der Waals surface area contributed by atoms with Gasteiger partial charge in [-0.3, -0.25) is 4.98 Å². The summed E-state index contributed by atoms with van der Waals surface area (Å²) < 4.78 is 0. The zero-order valence-electron chi connectivity index (χ0n) is 8.95. The maximum Gasteiger partial charge on any atom is 0.141 e. The minimum absolute atomic E-state index is 0.105. The quantitative estimate of drug-likeness (QED) is 0.493. The van der Waals surface area contributed by atoms with Crippen molar-refractivity contribution < 1.29 is 15.1 Å². The van der Waals surface area contributed by atoms with Crippen LogP contribution in [-0.2, 0) is 18.0 Å². The Kier molecular flexibility index (Phi) is 4.48. The number of aliphatic hydroxyl groups excluding tert-OH is 1. The molecule has 1 rings (SSSR count). The highest BCUT2D eigenvalue weighted by Gasteiger charge is 2.10. The van der Waals surface area contributed by atoms with Crippen molar-refractivity contribution in [1.29, 1.82) is 0 Å². The number of pyridine rings is 1. The van der Waals surface area contributed by atoms with E-state index >= 15 is 0 Å². The molecule has 1 aromatic rings. The van der Waals surface area contributed by atoms with E-state index in [1.807, 2.05) is 6.92 Å². The first-order chi connectivity index (χ1) is 7.20. The number of nitrogens with one attached hydrogen (secondary N) is 1. The van der Waals surface area contributed by atoms with Crippen LogP contribution in [0.25, 0.3) is 0 Å². The summed E-state index contributed by atoms with van der Waals surface area (Å²) in [5.74, 6) is 0.105. The van der Waals surface area contributed by atoms with Gasteiger partial charge in [-0.1, -0.05) is 0 Å². The second kappa shape index (κ2) is 5.65. The monoisotopic (exact) mass is 212 g/mol. The summed E-state index contributed by atoms with van der Waals surface area (Å²) in [6.45, 7) is 4.31. The van der Waals surface area contributed by atoms with Crippen LogP contribution in [0.2, 0.25) is 0 Å². The van der Waals surface area contributed by atoms with Crippen LogP contribution in [0.1, 0.15) is 23.7 Å². The number of aliphatic hydroxyl groups is 1. The third-order valence-electron chi connectivity index (χ3n) is 2.10. The maximum absolute atomic E-state index is 9.74. The van der Waals surface area contributed by atoms with Crippen molar-refractivity contribution in [3.63, 3.8) is 0 Å². The van der Waals surface area contributed by atoms with Crippen LogP contribution in [0.4, 0.5) is 0 Å². The molecule has 1 aromatic heterocycles. The number of hydroxylamine groups is 1. The number of hydrogen-bond donors (Lipinski definition) is 3. The molecule has 5 nitrogen and oxygen atoms in total. The van der Waals surface area contributed by atoms with Crippen LogP contribution < -0.4 is 5.48 Å². The lowest BCUT2D eigenvalue weighted by Crippen LogP contribution is -2.15. The third kappa shape index (κ3) is 2.89. The first-order valence-corrected chi connectivity index (χ1v) is 4.82. The van der Waals surface area contributed by atoms with E-state index < -0.39 is 0 Å². The molecule has 0 aliphatic heterocycles. The summed E-state index contributed by atoms with van der Waals surface area (Å²) >= 11 is 0. The summed E-state index contributed by atoms with van der Waals surface area (Å²) in [6.07, 6.45) is 1.55. The molecule has 0 atom stereocenters. The minimum atomic E-state index is -0.149. The molecule has 0 aliphatic rings. The highest BCUT2D eigenvalue weighted by atomic mass is 16.6. The van der Waals surface area contributed by atoms with Crippen molar-refractivity contribution in [1.82, 2.24) is 10.5 Å². The summed E-state index contributed by atoms with van der Waals surface area (Å²) in [4.78, 5) is 8.93. The van der Waals surface area contributed by atoms with E-state index in [0.29, 0.717) is 30.0 Å². The van der Waals surface area contributed by atoms with Crippen molar-refractivity contribution in [2.75, 3.05) is 6.61 Å². The molecular weight excluding hydrogens is 196 g/mol. The fraction of sp³-hybridized carbons (Fsp3) is 0.500. The summed E-state index contributed by atoms with van der Waals surface area (Å²) in [5, 5.41) is 18.8. The number of nitrogens with zero attached hydrogens (tertiary/aromatic N) is 1. The molecule has 0 radical (unpaired) electrons. The van der Waals surface area contributed by atoms with Crippen molar-refractivity contribution in [3.05, 3.63) is 23.0 Å². The van der Waals surface area contributed by atoms with Crippen LogP contribution >= 0.6 is 0 Å². The van der Waals surface area contributed by atoms with E-state index in [1.54, 1.807) is 13.1 Å². The van der Waals surface area contributed by atoms with Gasteiger partial charge < -0.3 is 15.1 Å². The van der Waals surface area contributed by atoms with E-state index in [2.05, 4.69) is 10.5 Å². The van der Waals surface area contributed by atoms with Gasteiger partial charge in [0.1, 0.15) is 5.75 Å². The number of aromatic nitrogens is 1. The average Bonchev–Trinajstić information content (AvgIpc) is 2.25. The zero-order valence-corrected chi connectivity index (χ0v) is 8.95. The Morgan fingerprint density at radius 1 is 1.53 bits per heavy atom. The predicted molar refractivity (Wildman–Crippen MR) is 55.0 cm³/mol. The van der Waals surface area contributed by atoms with Gasteiger partial charge in [-0.2, -0.15) is 5.48 Å². The maximum atomic E-state index is 9.74. The fourth-order valence-electron chi connectivity index (χ4n) is 1.24. The van der Waals surface area contributed by atoms with Gasteiger partial charge in [0.05, 0.1) is 25.5 Å². The van der Waals surface area contributed by atoms with E-state index in [4.69, 9.17) is 9.94 Å². The lowest BCUT2D eigenvalue weighted by atomic mass is 10.1. The SMILES string of the molecule is CCONCc1c(CO)cnc(C)c1O. The molecule has 0 spiro atoms. The Balaban J connectivity index is 2.86. The van der Waals surface area contributed by atoms with E-state index in [1.165, 1.54) is 0 Å². The van der Waals surface area contributed by atoms with E-state index in [9.17, 15) is 5.11 Å². The van der Waals surface area contributed by atoms with Gasteiger partial charge in [0.2, 0.25) is 0 Å². The van der Waals surface area contributed by atoms with Crippen LogP contribution in [0.15, 0.2) is 6.20 Å². The van der Waals surface area contributed by atoms with Crippen LogP contribution in [0.5, 0.6) is 5.75 Å². The molecule has 0 bridgehead atoms. The molecule has 5 heteroatoms. The Hall–Kier alpha value is -1.17. The van der Waals surface area contributed by atoms with Crippen molar-refractivity contribution in [3.8, 4) is 5.75 Å². The highest BCUT2D eigenvalue weighted by molar-refractivity contribution is 5.40. The van der Waals surface area contributed by atoms with Gasteiger partial charge in [-0.05, 0) is 13.8 Å². The third-order valence-corrected chi connectivity index (χ3v) is 2.10. The van der Waals surface area contributed by atoms with Gasteiger partial charge in [-0.25, -0.2) is 0 Å². The molecule has 0 fully saturated rings. The molecule has 3 N–H and O–H groups in total. The van der Waals surface area contributed by atoms with Crippen molar-refractivity contribution in [2.24, 2.45) is 0 Å². The topological polar surface area (TPSA) is 74.6 Å². The summed E-state index contributed by atoms with van der Waals surface area (Å²) in [6, 6.07) is 0. The van der Waals surface area contributed by atoms with Gasteiger partial charge >= 0.3 is 0 Å². The molecule has 0 saturated heterocycles. The molecule has 1 heterocycles. The van der Waals surface area contributed by atoms with E-state index in [0.717, 1.165) is 0 Å². The fourth-order valence-corrected chi connectivity index (χ4v) is 1.24. The molecule has 84 valence electrons. The van der Waals surface area contributed by atoms with Crippen LogP contribution in [0, 0.1) is 6.92 Å². The molecular formula is C10H16N2O3. The summed E-state index contributed by atoms with van der Waals surface area (Å²) in [7, 11) is 0. The predicted octanol–water partition coefficient (Wildman–Crippen LogP) is 0.629.